The maximum Gasteiger partial charge on any atom is 0.329 e. The molecule has 0 aromatic heterocycles. The van der Waals surface area contributed by atoms with Crippen LogP contribution >= 0.6 is 11.6 Å². The third kappa shape index (κ3) is 7.11. The first-order valence-corrected chi connectivity index (χ1v) is 9.05. The summed E-state index contributed by atoms with van der Waals surface area (Å²) in [5, 5.41) is 6.79. The number of hydrazone groups is 1. The van der Waals surface area contributed by atoms with Crippen molar-refractivity contribution in [2.45, 2.75) is 19.8 Å². The van der Waals surface area contributed by atoms with Crippen molar-refractivity contribution in [3.63, 3.8) is 0 Å². The van der Waals surface area contributed by atoms with E-state index in [0.29, 0.717) is 35.9 Å². The molecule has 0 saturated carbocycles. The summed E-state index contributed by atoms with van der Waals surface area (Å²) >= 11 is 6.13. The van der Waals surface area contributed by atoms with Crippen LogP contribution in [0.5, 0.6) is 5.75 Å². The number of amides is 2. The van der Waals surface area contributed by atoms with E-state index in [9.17, 15) is 9.59 Å². The van der Waals surface area contributed by atoms with Crippen molar-refractivity contribution in [2.75, 3.05) is 13.2 Å². The predicted octanol–water partition coefficient (Wildman–Crippen LogP) is 2.94. The molecule has 0 atom stereocenters. The van der Waals surface area contributed by atoms with Crippen LogP contribution in [0.1, 0.15) is 24.5 Å². The number of ether oxygens (including phenoxy) is 1. The minimum atomic E-state index is -0.826. The third-order valence-electron chi connectivity index (χ3n) is 3.55. The van der Waals surface area contributed by atoms with Gasteiger partial charge in [-0.2, -0.15) is 5.10 Å². The van der Waals surface area contributed by atoms with Gasteiger partial charge in [0, 0.05) is 6.54 Å². The van der Waals surface area contributed by atoms with Gasteiger partial charge in [0.25, 0.3) is 0 Å². The molecule has 7 heteroatoms. The van der Waals surface area contributed by atoms with Gasteiger partial charge in [-0.1, -0.05) is 48.9 Å². The second-order valence-corrected chi connectivity index (χ2v) is 6.14. The molecule has 0 saturated heterocycles. The summed E-state index contributed by atoms with van der Waals surface area (Å²) in [6.07, 6.45) is 2.94. The van der Waals surface area contributed by atoms with Crippen LogP contribution in [-0.4, -0.2) is 31.2 Å². The molecule has 142 valence electrons. The van der Waals surface area contributed by atoms with Crippen LogP contribution in [0.25, 0.3) is 0 Å². The first kappa shape index (κ1) is 20.5. The van der Waals surface area contributed by atoms with Crippen molar-refractivity contribution in [2.24, 2.45) is 5.10 Å². The minimum Gasteiger partial charge on any atom is -0.492 e. The number of hydrogen-bond acceptors (Lipinski definition) is 4. The molecule has 6 nitrogen and oxygen atoms in total. The second-order valence-electron chi connectivity index (χ2n) is 5.73. The number of nitrogens with one attached hydrogen (secondary N) is 2. The Morgan fingerprint density at radius 3 is 2.63 bits per heavy atom. The Balaban J connectivity index is 1.76. The number of hydrogen-bond donors (Lipinski definition) is 2. The average molecular weight is 388 g/mol. The van der Waals surface area contributed by atoms with Gasteiger partial charge in [0.1, 0.15) is 5.75 Å². The molecule has 0 aliphatic heterocycles. The number of benzene rings is 2. The fourth-order valence-electron chi connectivity index (χ4n) is 2.19. The highest BCUT2D eigenvalue weighted by molar-refractivity contribution is 6.35. The first-order valence-electron chi connectivity index (χ1n) is 8.67. The first-order chi connectivity index (χ1) is 13.1. The summed E-state index contributed by atoms with van der Waals surface area (Å²) in [5.74, 6) is -0.963. The number of halogens is 1. The maximum absolute atomic E-state index is 11.7. The fraction of sp³-hybridized carbons (Fsp3) is 0.250. The van der Waals surface area contributed by atoms with Gasteiger partial charge in [-0.05, 0) is 42.2 Å². The van der Waals surface area contributed by atoms with Gasteiger partial charge >= 0.3 is 11.8 Å². The Morgan fingerprint density at radius 1 is 1.15 bits per heavy atom. The summed E-state index contributed by atoms with van der Waals surface area (Å²) in [5.41, 5.74) is 3.95. The van der Waals surface area contributed by atoms with Crippen molar-refractivity contribution in [1.29, 1.82) is 0 Å². The lowest BCUT2D eigenvalue weighted by Crippen LogP contribution is -2.38. The minimum absolute atomic E-state index is 0.370. The molecule has 2 N–H and O–H groups in total. The molecule has 0 unspecified atom stereocenters. The molecule has 0 aliphatic rings. The number of rotatable bonds is 8. The van der Waals surface area contributed by atoms with Crippen LogP contribution in [0.3, 0.4) is 0 Å². The van der Waals surface area contributed by atoms with E-state index >= 15 is 0 Å². The van der Waals surface area contributed by atoms with Crippen LogP contribution in [-0.2, 0) is 16.0 Å². The lowest BCUT2D eigenvalue weighted by molar-refractivity contribution is -0.139. The van der Waals surface area contributed by atoms with E-state index in [1.54, 1.807) is 18.2 Å². The van der Waals surface area contributed by atoms with Crippen molar-refractivity contribution in [1.82, 2.24) is 10.7 Å². The van der Waals surface area contributed by atoms with Crippen LogP contribution in [0.4, 0.5) is 0 Å². The zero-order valence-corrected chi connectivity index (χ0v) is 15.8. The van der Waals surface area contributed by atoms with E-state index in [1.807, 2.05) is 37.3 Å². The Morgan fingerprint density at radius 2 is 1.93 bits per heavy atom. The van der Waals surface area contributed by atoms with Crippen LogP contribution in [0.2, 0.25) is 5.02 Å². The monoisotopic (exact) mass is 387 g/mol. The number of carbonyl (C=O) groups excluding carboxylic acids is 2. The predicted molar refractivity (Wildman–Crippen MR) is 106 cm³/mol. The molecule has 27 heavy (non-hydrogen) atoms. The molecule has 0 bridgehead atoms. The number of nitrogens with zero attached hydrogens (tertiary/aromatic N) is 1. The summed E-state index contributed by atoms with van der Waals surface area (Å²) < 4.78 is 5.49. The van der Waals surface area contributed by atoms with Crippen LogP contribution < -0.4 is 15.5 Å². The third-order valence-corrected chi connectivity index (χ3v) is 3.84. The lowest BCUT2D eigenvalue weighted by Gasteiger charge is -2.07. The zero-order chi connectivity index (χ0) is 19.5. The van der Waals surface area contributed by atoms with Gasteiger partial charge < -0.3 is 10.1 Å². The highest BCUT2D eigenvalue weighted by atomic mass is 35.5. The molecule has 2 aromatic carbocycles. The molecule has 2 rings (SSSR count). The van der Waals surface area contributed by atoms with Gasteiger partial charge in [-0.15, -0.1) is 0 Å². The van der Waals surface area contributed by atoms with E-state index < -0.39 is 11.8 Å². The molecule has 0 spiro atoms. The Labute approximate surface area is 163 Å². The van der Waals surface area contributed by atoms with E-state index in [4.69, 9.17) is 16.3 Å². The van der Waals surface area contributed by atoms with Gasteiger partial charge in [-0.25, -0.2) is 5.43 Å². The molecular formula is C20H22ClN3O3. The number of carbonyl (C=O) groups is 2. The smallest absolute Gasteiger partial charge is 0.329 e. The zero-order valence-electron chi connectivity index (χ0n) is 15.1. The average Bonchev–Trinajstić information content (AvgIpc) is 2.68. The Hall–Kier alpha value is -2.86. The Kier molecular flexibility index (Phi) is 8.32. The quantitative estimate of drug-likeness (QED) is 0.415. The fourth-order valence-corrected chi connectivity index (χ4v) is 2.43. The molecule has 0 heterocycles. The molecule has 0 radical (unpaired) electrons. The summed E-state index contributed by atoms with van der Waals surface area (Å²) in [7, 11) is 0. The maximum atomic E-state index is 11.7. The molecule has 2 amide bonds. The highest BCUT2D eigenvalue weighted by Crippen LogP contribution is 2.24. The largest absolute Gasteiger partial charge is 0.492 e. The van der Waals surface area contributed by atoms with E-state index in [0.717, 1.165) is 12.0 Å². The molecule has 0 fully saturated rings. The topological polar surface area (TPSA) is 79.8 Å². The van der Waals surface area contributed by atoms with Crippen molar-refractivity contribution < 1.29 is 14.3 Å². The normalized spacial score (nSPS) is 10.6. The van der Waals surface area contributed by atoms with Gasteiger partial charge in [-0.3, -0.25) is 9.59 Å². The molecule has 0 aliphatic carbocycles. The lowest BCUT2D eigenvalue weighted by atomic mass is 10.1. The van der Waals surface area contributed by atoms with E-state index in [2.05, 4.69) is 15.8 Å². The summed E-state index contributed by atoms with van der Waals surface area (Å²) in [4.78, 5) is 23.5. The van der Waals surface area contributed by atoms with Crippen molar-refractivity contribution >= 4 is 29.6 Å². The van der Waals surface area contributed by atoms with Crippen molar-refractivity contribution in [3.8, 4) is 5.75 Å². The molecular weight excluding hydrogens is 366 g/mol. The van der Waals surface area contributed by atoms with Crippen molar-refractivity contribution in [3.05, 3.63) is 64.7 Å². The summed E-state index contributed by atoms with van der Waals surface area (Å²) in [6.45, 7) is 2.97. The SMILES string of the molecule is CCCOc1ccc(/C=N\NC(=O)C(=O)NCCc2ccccc2)cc1Cl. The highest BCUT2D eigenvalue weighted by Gasteiger charge is 2.11. The van der Waals surface area contributed by atoms with E-state index in [1.165, 1.54) is 6.21 Å². The molecule has 2 aromatic rings. The standard InChI is InChI=1S/C20H22ClN3O3/c1-2-12-27-18-9-8-16(13-17(18)21)14-23-24-20(26)19(25)22-11-10-15-6-4-3-5-7-15/h3-9,13-14H,2,10-12H2,1H3,(H,22,25)(H,24,26)/b23-14-. The second kappa shape index (κ2) is 11.0. The van der Waals surface area contributed by atoms with Crippen LogP contribution in [0.15, 0.2) is 53.6 Å². The van der Waals surface area contributed by atoms with E-state index in [-0.39, 0.29) is 0 Å². The van der Waals surface area contributed by atoms with Crippen LogP contribution in [0, 0.1) is 0 Å². The van der Waals surface area contributed by atoms with Gasteiger partial charge in [0.15, 0.2) is 0 Å². The van der Waals surface area contributed by atoms with Gasteiger partial charge in [0.2, 0.25) is 0 Å². The van der Waals surface area contributed by atoms with Gasteiger partial charge in [0.05, 0.1) is 17.8 Å². The summed E-state index contributed by atoms with van der Waals surface area (Å²) in [6, 6.07) is 14.8. The Bertz CT molecular complexity index is 794.